The molecule has 8 aliphatic rings. The van der Waals surface area contributed by atoms with Crippen LogP contribution in [-0.4, -0.2) is 110 Å². The number of fused-ring (bicyclic) bond motifs is 7. The SMILES string of the molecule is C[C@H]1CC[C@@]2(OC1)O[C@H]1C[C@H]3[C@@H]4CC[C@@H]5C[C@@H](NC(=O)CC(=O)N6CCC(N7CCN(CCF)CC7)CC6)CC[C@]5(C)C4CC[C@]3(C)[C@H]1[C@@H]2C. The number of nitrogens with one attached hydrogen (secondary N) is 1. The maximum atomic E-state index is 13.2. The first kappa shape index (κ1) is 35.7. The summed E-state index contributed by atoms with van der Waals surface area (Å²) in [6, 6.07) is 0.678. The summed E-state index contributed by atoms with van der Waals surface area (Å²) in [5.74, 6) is 4.25. The van der Waals surface area contributed by atoms with Gasteiger partial charge in [0.2, 0.25) is 11.8 Å². The number of alkyl halides is 1. The Morgan fingerprint density at radius 2 is 1.60 bits per heavy atom. The molecule has 4 saturated heterocycles. The Kier molecular flexibility index (Phi) is 9.89. The molecule has 1 unspecified atom stereocenters. The van der Waals surface area contributed by atoms with E-state index in [4.69, 9.17) is 9.47 Å². The summed E-state index contributed by atoms with van der Waals surface area (Å²) in [6.45, 7) is 16.4. The van der Waals surface area contributed by atoms with E-state index in [9.17, 15) is 14.0 Å². The largest absolute Gasteiger partial charge is 0.353 e. The zero-order chi connectivity index (χ0) is 34.8. The molecule has 2 amide bonds. The molecule has 12 atom stereocenters. The van der Waals surface area contributed by atoms with Crippen LogP contribution in [0.2, 0.25) is 0 Å². The number of halogens is 1. The van der Waals surface area contributed by atoms with Crippen molar-refractivity contribution >= 4 is 11.8 Å². The van der Waals surface area contributed by atoms with Gasteiger partial charge in [0.1, 0.15) is 13.1 Å². The highest BCUT2D eigenvalue weighted by atomic mass is 19.1. The second kappa shape index (κ2) is 13.8. The number of amides is 2. The van der Waals surface area contributed by atoms with E-state index >= 15 is 0 Å². The first-order valence-corrected chi connectivity index (χ1v) is 20.9. The number of nitrogens with zero attached hydrogens (tertiary/aromatic N) is 3. The molecule has 4 aliphatic carbocycles. The Balaban J connectivity index is 0.812. The molecule has 8 rings (SSSR count). The van der Waals surface area contributed by atoms with Crippen molar-refractivity contribution in [2.75, 3.05) is 59.1 Å². The lowest BCUT2D eigenvalue weighted by Crippen LogP contribution is -2.56. The van der Waals surface area contributed by atoms with Crippen LogP contribution >= 0.6 is 0 Å². The lowest BCUT2D eigenvalue weighted by atomic mass is 9.44. The van der Waals surface area contributed by atoms with Crippen molar-refractivity contribution in [3.8, 4) is 0 Å². The molecular weight excluding hydrogens is 631 g/mol. The topological polar surface area (TPSA) is 74.3 Å². The molecule has 0 aromatic rings. The van der Waals surface area contributed by atoms with Crippen molar-refractivity contribution in [2.24, 2.45) is 52.3 Å². The predicted molar refractivity (Wildman–Crippen MR) is 192 cm³/mol. The molecule has 4 saturated carbocycles. The Morgan fingerprint density at radius 1 is 0.840 bits per heavy atom. The Bertz CT molecular complexity index is 1240. The van der Waals surface area contributed by atoms with Gasteiger partial charge in [-0.1, -0.05) is 27.7 Å². The predicted octanol–water partition coefficient (Wildman–Crippen LogP) is 5.89. The van der Waals surface area contributed by atoms with Crippen LogP contribution in [0.5, 0.6) is 0 Å². The van der Waals surface area contributed by atoms with Gasteiger partial charge < -0.3 is 19.7 Å². The molecule has 1 spiro atoms. The molecule has 8 nitrogen and oxygen atoms in total. The lowest BCUT2D eigenvalue weighted by molar-refractivity contribution is -0.273. The lowest BCUT2D eigenvalue weighted by Gasteiger charge is -2.61. The fourth-order valence-electron chi connectivity index (χ4n) is 13.9. The summed E-state index contributed by atoms with van der Waals surface area (Å²) >= 11 is 0. The van der Waals surface area contributed by atoms with Crippen molar-refractivity contribution in [3.05, 3.63) is 0 Å². The van der Waals surface area contributed by atoms with E-state index in [1.807, 2.05) is 4.90 Å². The first-order chi connectivity index (χ1) is 24.0. The summed E-state index contributed by atoms with van der Waals surface area (Å²) in [7, 11) is 0. The Morgan fingerprint density at radius 3 is 2.32 bits per heavy atom. The van der Waals surface area contributed by atoms with E-state index in [2.05, 4.69) is 42.8 Å². The number of piperidine rings is 1. The van der Waals surface area contributed by atoms with Crippen LogP contribution in [0.4, 0.5) is 4.39 Å². The van der Waals surface area contributed by atoms with Gasteiger partial charge >= 0.3 is 0 Å². The molecule has 50 heavy (non-hydrogen) atoms. The van der Waals surface area contributed by atoms with Gasteiger partial charge in [-0.15, -0.1) is 0 Å². The van der Waals surface area contributed by atoms with Crippen molar-refractivity contribution < 1.29 is 23.5 Å². The normalized spacial score (nSPS) is 47.0. The molecule has 282 valence electrons. The average Bonchev–Trinajstić information content (AvgIpc) is 3.56. The minimum atomic E-state index is -0.338. The molecule has 1 N–H and O–H groups in total. The van der Waals surface area contributed by atoms with Crippen LogP contribution in [0.1, 0.15) is 111 Å². The number of carbonyl (C=O) groups is 2. The van der Waals surface area contributed by atoms with Crippen LogP contribution in [0, 0.1) is 52.3 Å². The van der Waals surface area contributed by atoms with E-state index in [0.29, 0.717) is 53.2 Å². The van der Waals surface area contributed by atoms with E-state index in [1.54, 1.807) is 0 Å². The minimum Gasteiger partial charge on any atom is -0.353 e. The Hall–Kier alpha value is -1.29. The molecule has 8 fully saturated rings. The summed E-state index contributed by atoms with van der Waals surface area (Å²) in [4.78, 5) is 33.0. The quantitative estimate of drug-likeness (QED) is 0.349. The molecule has 0 aromatic carbocycles. The molecule has 9 heteroatoms. The van der Waals surface area contributed by atoms with Crippen LogP contribution in [0.25, 0.3) is 0 Å². The highest BCUT2D eigenvalue weighted by Gasteiger charge is 2.69. The number of hydrogen-bond acceptors (Lipinski definition) is 6. The van der Waals surface area contributed by atoms with Gasteiger partial charge in [-0.2, -0.15) is 0 Å². The van der Waals surface area contributed by atoms with Crippen molar-refractivity contribution in [3.63, 3.8) is 0 Å². The third-order valence-corrected chi connectivity index (χ3v) is 16.8. The maximum absolute atomic E-state index is 13.2. The third-order valence-electron chi connectivity index (χ3n) is 16.8. The smallest absolute Gasteiger partial charge is 0.232 e. The van der Waals surface area contributed by atoms with Gasteiger partial charge in [-0.3, -0.25) is 19.4 Å². The molecule has 4 heterocycles. The standard InChI is InChI=1S/C41H67FN4O4/c1-27-7-14-41(49-26-27)28(2)38-35(50-41)24-34-32-6-5-29-23-30(8-12-39(29,3)33(32)9-13-40(34,38)4)43-36(47)25-37(48)46-16-10-31(11-17-46)45-21-19-44(18-15-42)20-22-45/h27-35,38H,5-26H2,1-4H3,(H,43,47)/t27-,28-,29+,30-,32+,33?,34-,35-,38-,39-,40-,41+/m0/s1. The van der Waals surface area contributed by atoms with Gasteiger partial charge in [0.15, 0.2) is 5.79 Å². The van der Waals surface area contributed by atoms with Crippen LogP contribution in [0.3, 0.4) is 0 Å². The Labute approximate surface area is 301 Å². The van der Waals surface area contributed by atoms with Gasteiger partial charge in [-0.25, -0.2) is 4.39 Å². The number of rotatable bonds is 6. The summed E-state index contributed by atoms with van der Waals surface area (Å²) in [5, 5.41) is 3.34. The van der Waals surface area contributed by atoms with Gasteiger partial charge in [0.05, 0.1) is 12.7 Å². The van der Waals surface area contributed by atoms with E-state index in [1.165, 1.54) is 44.9 Å². The summed E-state index contributed by atoms with van der Waals surface area (Å²) < 4.78 is 26.3. The third kappa shape index (κ3) is 6.18. The van der Waals surface area contributed by atoms with E-state index in [-0.39, 0.29) is 36.7 Å². The summed E-state index contributed by atoms with van der Waals surface area (Å²) in [5.41, 5.74) is 0.698. The van der Waals surface area contributed by atoms with Crippen molar-refractivity contribution in [1.29, 1.82) is 0 Å². The molecule has 0 aromatic heterocycles. The van der Waals surface area contributed by atoms with Crippen molar-refractivity contribution in [2.45, 2.75) is 135 Å². The highest BCUT2D eigenvalue weighted by molar-refractivity contribution is 5.97. The molecule has 0 radical (unpaired) electrons. The van der Waals surface area contributed by atoms with E-state index < -0.39 is 0 Å². The fraction of sp³-hybridized carbons (Fsp3) is 0.951. The van der Waals surface area contributed by atoms with E-state index in [0.717, 1.165) is 95.7 Å². The van der Waals surface area contributed by atoms with Gasteiger partial charge in [0, 0.05) is 70.2 Å². The van der Waals surface area contributed by atoms with Gasteiger partial charge in [0.25, 0.3) is 0 Å². The number of piperazine rings is 1. The zero-order valence-electron chi connectivity index (χ0n) is 31.7. The second-order valence-electron chi connectivity index (χ2n) is 19.1. The summed E-state index contributed by atoms with van der Waals surface area (Å²) in [6.07, 6.45) is 14.3. The average molecular weight is 699 g/mol. The number of ether oxygens (including phenoxy) is 2. The monoisotopic (exact) mass is 699 g/mol. The maximum Gasteiger partial charge on any atom is 0.232 e. The second-order valence-corrected chi connectivity index (χ2v) is 19.1. The van der Waals surface area contributed by atoms with Crippen molar-refractivity contribution in [1.82, 2.24) is 20.0 Å². The van der Waals surface area contributed by atoms with Crippen LogP contribution < -0.4 is 5.32 Å². The number of carbonyl (C=O) groups excluding carboxylic acids is 2. The molecule has 0 bridgehead atoms. The first-order valence-electron chi connectivity index (χ1n) is 20.9. The highest BCUT2D eigenvalue weighted by Crippen LogP contribution is 2.71. The minimum absolute atomic E-state index is 0.0183. The van der Waals surface area contributed by atoms with Gasteiger partial charge in [-0.05, 0) is 117 Å². The fourth-order valence-corrected chi connectivity index (χ4v) is 13.9. The molecule has 4 aliphatic heterocycles. The molecular formula is C41H67FN4O4. The number of likely N-dealkylation sites (tertiary alicyclic amines) is 1. The number of hydrogen-bond donors (Lipinski definition) is 1. The van der Waals surface area contributed by atoms with Crippen LogP contribution in [-0.2, 0) is 19.1 Å². The van der Waals surface area contributed by atoms with Crippen LogP contribution in [0.15, 0.2) is 0 Å². The zero-order valence-corrected chi connectivity index (χ0v) is 31.7.